The molecule has 0 saturated heterocycles. The number of nitrogen functional groups attached to an aromatic ring is 1. The number of nitrogens with one attached hydrogen (secondary N) is 1. The Morgan fingerprint density at radius 1 is 1.54 bits per heavy atom. The molecule has 0 aliphatic heterocycles. The van der Waals surface area contributed by atoms with E-state index in [-0.39, 0.29) is 11.9 Å². The maximum atomic E-state index is 13.0. The third kappa shape index (κ3) is 2.19. The highest BCUT2D eigenvalue weighted by molar-refractivity contribution is 9.10. The summed E-state index contributed by atoms with van der Waals surface area (Å²) in [5.41, 5.74) is 7.04. The molecule has 0 aliphatic carbocycles. The zero-order valence-corrected chi connectivity index (χ0v) is 9.15. The Morgan fingerprint density at radius 2 is 2.15 bits per heavy atom. The van der Waals surface area contributed by atoms with Gasteiger partial charge >= 0.3 is 0 Å². The van der Waals surface area contributed by atoms with Crippen LogP contribution in [0.25, 0.3) is 0 Å². The molecule has 13 heavy (non-hydrogen) atoms. The van der Waals surface area contributed by atoms with Crippen LogP contribution in [0.1, 0.15) is 18.5 Å². The summed E-state index contributed by atoms with van der Waals surface area (Å²) >= 11 is 3.12. The van der Waals surface area contributed by atoms with E-state index >= 15 is 0 Å². The van der Waals surface area contributed by atoms with E-state index in [1.165, 1.54) is 6.07 Å². The SMILES string of the molecule is CN[C@@H](C)c1cc(Br)c(F)cc1N. The molecule has 0 bridgehead atoms. The summed E-state index contributed by atoms with van der Waals surface area (Å²) in [6.45, 7) is 1.97. The monoisotopic (exact) mass is 246 g/mol. The van der Waals surface area contributed by atoms with Gasteiger partial charge in [0.25, 0.3) is 0 Å². The van der Waals surface area contributed by atoms with Gasteiger partial charge in [-0.2, -0.15) is 0 Å². The van der Waals surface area contributed by atoms with E-state index in [9.17, 15) is 4.39 Å². The molecule has 4 heteroatoms. The number of nitrogens with two attached hydrogens (primary N) is 1. The molecule has 1 rings (SSSR count). The minimum absolute atomic E-state index is 0.122. The number of hydrogen-bond donors (Lipinski definition) is 2. The summed E-state index contributed by atoms with van der Waals surface area (Å²) in [5, 5.41) is 3.05. The predicted octanol–water partition coefficient (Wildman–Crippen LogP) is 2.45. The van der Waals surface area contributed by atoms with Crippen LogP contribution in [0.3, 0.4) is 0 Å². The molecule has 0 radical (unpaired) electrons. The minimum Gasteiger partial charge on any atom is -0.398 e. The lowest BCUT2D eigenvalue weighted by Crippen LogP contribution is -2.14. The first kappa shape index (κ1) is 10.5. The lowest BCUT2D eigenvalue weighted by Gasteiger charge is -2.13. The van der Waals surface area contributed by atoms with E-state index in [0.29, 0.717) is 10.2 Å². The Labute approximate surface area is 85.4 Å². The quantitative estimate of drug-likeness (QED) is 0.788. The molecule has 0 aromatic heterocycles. The molecule has 0 spiro atoms. The van der Waals surface area contributed by atoms with Crippen molar-refractivity contribution in [1.82, 2.24) is 5.32 Å². The summed E-state index contributed by atoms with van der Waals surface area (Å²) in [4.78, 5) is 0. The molecule has 2 nitrogen and oxygen atoms in total. The zero-order valence-electron chi connectivity index (χ0n) is 7.57. The molecule has 0 aliphatic rings. The largest absolute Gasteiger partial charge is 0.398 e. The van der Waals surface area contributed by atoms with Gasteiger partial charge in [-0.25, -0.2) is 4.39 Å². The van der Waals surface area contributed by atoms with Crippen molar-refractivity contribution in [3.8, 4) is 0 Å². The summed E-state index contributed by atoms with van der Waals surface area (Å²) in [5.74, 6) is -0.329. The predicted molar refractivity (Wildman–Crippen MR) is 56.0 cm³/mol. The molecular weight excluding hydrogens is 235 g/mol. The fourth-order valence-electron chi connectivity index (χ4n) is 1.11. The third-order valence-electron chi connectivity index (χ3n) is 2.03. The number of halogens is 2. The molecule has 72 valence electrons. The van der Waals surface area contributed by atoms with E-state index < -0.39 is 0 Å². The molecule has 0 amide bonds. The van der Waals surface area contributed by atoms with Crippen molar-refractivity contribution in [3.63, 3.8) is 0 Å². The summed E-state index contributed by atoms with van der Waals surface area (Å²) in [6.07, 6.45) is 0. The van der Waals surface area contributed by atoms with Crippen LogP contribution in [0.15, 0.2) is 16.6 Å². The second-order valence-electron chi connectivity index (χ2n) is 2.91. The molecule has 0 unspecified atom stereocenters. The summed E-state index contributed by atoms with van der Waals surface area (Å²) in [6, 6.07) is 3.15. The number of benzene rings is 1. The van der Waals surface area contributed by atoms with Gasteiger partial charge in [0, 0.05) is 11.7 Å². The second kappa shape index (κ2) is 4.07. The van der Waals surface area contributed by atoms with Gasteiger partial charge in [0.05, 0.1) is 4.47 Å². The van der Waals surface area contributed by atoms with Crippen molar-refractivity contribution >= 4 is 21.6 Å². The molecule has 1 aromatic carbocycles. The van der Waals surface area contributed by atoms with Gasteiger partial charge in [-0.15, -0.1) is 0 Å². The highest BCUT2D eigenvalue weighted by Crippen LogP contribution is 2.26. The van der Waals surface area contributed by atoms with Crippen LogP contribution >= 0.6 is 15.9 Å². The van der Waals surface area contributed by atoms with Gasteiger partial charge in [0.1, 0.15) is 5.82 Å². The Balaban J connectivity index is 3.15. The van der Waals surface area contributed by atoms with Crippen LogP contribution in [0, 0.1) is 5.82 Å². The van der Waals surface area contributed by atoms with Gasteiger partial charge in [0.2, 0.25) is 0 Å². The van der Waals surface area contributed by atoms with E-state index in [0.717, 1.165) is 5.56 Å². The van der Waals surface area contributed by atoms with Crippen LogP contribution in [0.2, 0.25) is 0 Å². The first-order valence-corrected chi connectivity index (χ1v) is 4.77. The summed E-state index contributed by atoms with van der Waals surface area (Å²) in [7, 11) is 1.83. The fraction of sp³-hybridized carbons (Fsp3) is 0.333. The van der Waals surface area contributed by atoms with Gasteiger partial charge < -0.3 is 11.1 Å². The average molecular weight is 247 g/mol. The van der Waals surface area contributed by atoms with Gasteiger partial charge in [0.15, 0.2) is 0 Å². The van der Waals surface area contributed by atoms with Crippen LogP contribution in [0.4, 0.5) is 10.1 Å². The number of anilines is 1. The molecular formula is C9H12BrFN2. The Bertz CT molecular complexity index is 315. The Hall–Kier alpha value is -0.610. The first-order valence-electron chi connectivity index (χ1n) is 3.98. The summed E-state index contributed by atoms with van der Waals surface area (Å²) < 4.78 is 13.4. The van der Waals surface area contributed by atoms with Crippen molar-refractivity contribution in [2.75, 3.05) is 12.8 Å². The van der Waals surface area contributed by atoms with Crippen LogP contribution in [-0.4, -0.2) is 7.05 Å². The second-order valence-corrected chi connectivity index (χ2v) is 3.76. The fourth-order valence-corrected chi connectivity index (χ4v) is 1.47. The van der Waals surface area contributed by atoms with Gasteiger partial charge in [-0.05, 0) is 47.6 Å². The molecule has 3 N–H and O–H groups in total. The molecule has 1 aromatic rings. The van der Waals surface area contributed by atoms with E-state index in [2.05, 4.69) is 21.2 Å². The van der Waals surface area contributed by atoms with Crippen LogP contribution < -0.4 is 11.1 Å². The van der Waals surface area contributed by atoms with Crippen molar-refractivity contribution < 1.29 is 4.39 Å². The average Bonchev–Trinajstić information content (AvgIpc) is 2.10. The molecule has 0 saturated carbocycles. The van der Waals surface area contributed by atoms with Crippen molar-refractivity contribution in [2.45, 2.75) is 13.0 Å². The lowest BCUT2D eigenvalue weighted by atomic mass is 10.1. The Morgan fingerprint density at radius 3 is 2.69 bits per heavy atom. The first-order chi connectivity index (χ1) is 6.06. The molecule has 0 fully saturated rings. The normalized spacial score (nSPS) is 12.9. The van der Waals surface area contributed by atoms with E-state index in [1.54, 1.807) is 6.07 Å². The highest BCUT2D eigenvalue weighted by atomic mass is 79.9. The Kier molecular flexibility index (Phi) is 3.27. The van der Waals surface area contributed by atoms with Crippen molar-refractivity contribution in [3.05, 3.63) is 28.0 Å². The lowest BCUT2D eigenvalue weighted by molar-refractivity contribution is 0.614. The molecule has 0 heterocycles. The highest BCUT2D eigenvalue weighted by Gasteiger charge is 2.10. The van der Waals surface area contributed by atoms with Crippen molar-refractivity contribution in [1.29, 1.82) is 0 Å². The smallest absolute Gasteiger partial charge is 0.139 e. The van der Waals surface area contributed by atoms with Gasteiger partial charge in [-0.3, -0.25) is 0 Å². The van der Waals surface area contributed by atoms with Crippen LogP contribution in [-0.2, 0) is 0 Å². The van der Waals surface area contributed by atoms with E-state index in [1.807, 2.05) is 14.0 Å². The minimum atomic E-state index is -0.329. The van der Waals surface area contributed by atoms with Crippen LogP contribution in [0.5, 0.6) is 0 Å². The van der Waals surface area contributed by atoms with Crippen molar-refractivity contribution in [2.24, 2.45) is 0 Å². The standard InChI is InChI=1S/C9H12BrFN2/c1-5(13-2)6-3-7(10)8(11)4-9(6)12/h3-5,13H,12H2,1-2H3/t5-/m0/s1. The number of hydrogen-bond acceptors (Lipinski definition) is 2. The third-order valence-corrected chi connectivity index (χ3v) is 2.63. The maximum absolute atomic E-state index is 13.0. The van der Waals surface area contributed by atoms with E-state index in [4.69, 9.17) is 5.73 Å². The molecule has 1 atom stereocenters. The topological polar surface area (TPSA) is 38.0 Å². The maximum Gasteiger partial charge on any atom is 0.139 e. The zero-order chi connectivity index (χ0) is 10.0. The number of rotatable bonds is 2. The van der Waals surface area contributed by atoms with Gasteiger partial charge in [-0.1, -0.05) is 0 Å².